The Balaban J connectivity index is 1.41. The number of sulfonamides is 1. The fraction of sp³-hybridized carbons (Fsp3) is 0.263. The molecule has 1 aliphatic heterocycles. The average Bonchev–Trinajstić information content (AvgIpc) is 3.10. The minimum Gasteiger partial charge on any atom is -0.282 e. The second-order valence-corrected chi connectivity index (χ2v) is 9.51. The van der Waals surface area contributed by atoms with Gasteiger partial charge in [-0.15, -0.1) is 0 Å². The maximum Gasteiger partial charge on any atom is 0.243 e. The molecule has 2 aromatic carbocycles. The van der Waals surface area contributed by atoms with Crippen molar-refractivity contribution in [2.45, 2.75) is 11.6 Å². The van der Waals surface area contributed by atoms with Gasteiger partial charge in [0, 0.05) is 36.8 Å². The Bertz CT molecular complexity index is 1140. The van der Waals surface area contributed by atoms with Crippen molar-refractivity contribution in [2.24, 2.45) is 0 Å². The first-order valence-corrected chi connectivity index (χ1v) is 11.4. The molecule has 0 bridgehead atoms. The fourth-order valence-corrected chi connectivity index (χ4v) is 5.01. The van der Waals surface area contributed by atoms with Crippen LogP contribution in [0.5, 0.6) is 0 Å². The van der Waals surface area contributed by atoms with Gasteiger partial charge in [-0.3, -0.25) is 10.00 Å². The fourth-order valence-electron chi connectivity index (χ4n) is 3.24. The zero-order chi connectivity index (χ0) is 20.4. The topological polar surface area (TPSA) is 74.2 Å². The number of halogens is 1. The standard InChI is InChI=1S/C19H20ClN5O2S2/c20-16-8-6-15(7-9-16)18-21-19(28)25(22-18)14-23-10-12-24(13-11-23)29(26,27)17-4-2-1-3-5-17/h1-9H,10-14H2,(H,21,22,28). The van der Waals surface area contributed by atoms with Gasteiger partial charge in [-0.2, -0.15) is 9.29 Å². The molecular weight excluding hydrogens is 430 g/mol. The highest BCUT2D eigenvalue weighted by Gasteiger charge is 2.28. The number of aromatic nitrogens is 3. The van der Waals surface area contributed by atoms with E-state index in [1.165, 1.54) is 4.31 Å². The summed E-state index contributed by atoms with van der Waals surface area (Å²) in [5.74, 6) is 0.678. The highest BCUT2D eigenvalue weighted by molar-refractivity contribution is 7.89. The van der Waals surface area contributed by atoms with Gasteiger partial charge in [-0.1, -0.05) is 29.8 Å². The van der Waals surface area contributed by atoms with Gasteiger partial charge in [0.05, 0.1) is 11.6 Å². The maximum absolute atomic E-state index is 12.8. The van der Waals surface area contributed by atoms with E-state index in [4.69, 9.17) is 23.8 Å². The number of rotatable bonds is 5. The number of benzene rings is 2. The molecule has 1 N–H and O–H groups in total. The number of piperazine rings is 1. The summed E-state index contributed by atoms with van der Waals surface area (Å²) in [6.45, 7) is 2.62. The van der Waals surface area contributed by atoms with Gasteiger partial charge in [0.1, 0.15) is 0 Å². The summed E-state index contributed by atoms with van der Waals surface area (Å²) in [5.41, 5.74) is 0.901. The number of nitrogens with one attached hydrogen (secondary N) is 1. The molecular formula is C19H20ClN5O2S2. The molecule has 0 atom stereocenters. The van der Waals surface area contributed by atoms with Crippen LogP contribution < -0.4 is 0 Å². The Morgan fingerprint density at radius 1 is 1.00 bits per heavy atom. The Morgan fingerprint density at radius 3 is 2.31 bits per heavy atom. The predicted octanol–water partition coefficient (Wildman–Crippen LogP) is 3.23. The number of hydrogen-bond acceptors (Lipinski definition) is 5. The van der Waals surface area contributed by atoms with Crippen LogP contribution in [0.4, 0.5) is 0 Å². The summed E-state index contributed by atoms with van der Waals surface area (Å²) in [4.78, 5) is 6.90. The third kappa shape index (κ3) is 4.44. The molecule has 0 unspecified atom stereocenters. The van der Waals surface area contributed by atoms with Crippen molar-refractivity contribution in [2.75, 3.05) is 26.2 Å². The molecule has 0 amide bonds. The van der Waals surface area contributed by atoms with E-state index >= 15 is 0 Å². The molecule has 1 fully saturated rings. The SMILES string of the molecule is O=S(=O)(c1ccccc1)N1CCN(Cn2[nH]c(-c3ccc(Cl)cc3)nc2=S)CC1. The molecule has 4 rings (SSSR count). The van der Waals surface area contributed by atoms with Gasteiger partial charge in [0.2, 0.25) is 14.8 Å². The van der Waals surface area contributed by atoms with E-state index < -0.39 is 10.0 Å². The Morgan fingerprint density at radius 2 is 1.66 bits per heavy atom. The van der Waals surface area contributed by atoms with Crippen molar-refractivity contribution in [3.05, 3.63) is 64.4 Å². The van der Waals surface area contributed by atoms with Gasteiger partial charge in [0.25, 0.3) is 0 Å². The van der Waals surface area contributed by atoms with Gasteiger partial charge < -0.3 is 0 Å². The van der Waals surface area contributed by atoms with Crippen molar-refractivity contribution in [3.8, 4) is 11.4 Å². The molecule has 0 radical (unpaired) electrons. The van der Waals surface area contributed by atoms with Crippen LogP contribution in [0.15, 0.2) is 59.5 Å². The molecule has 0 saturated carbocycles. The number of hydrogen-bond donors (Lipinski definition) is 1. The molecule has 10 heteroatoms. The number of aromatic amines is 1. The Hall–Kier alpha value is -2.04. The van der Waals surface area contributed by atoms with Crippen LogP contribution in [-0.2, 0) is 16.7 Å². The summed E-state index contributed by atoms with van der Waals surface area (Å²) in [6.07, 6.45) is 0. The van der Waals surface area contributed by atoms with Gasteiger partial charge in [-0.25, -0.2) is 13.1 Å². The summed E-state index contributed by atoms with van der Waals surface area (Å²) < 4.78 is 29.3. The summed E-state index contributed by atoms with van der Waals surface area (Å²) in [5, 5.41) is 3.88. The predicted molar refractivity (Wildman–Crippen MR) is 115 cm³/mol. The highest BCUT2D eigenvalue weighted by atomic mass is 35.5. The second-order valence-electron chi connectivity index (χ2n) is 6.77. The summed E-state index contributed by atoms with van der Waals surface area (Å²) >= 11 is 11.3. The molecule has 1 aliphatic rings. The Kier molecular flexibility index (Phi) is 5.84. The van der Waals surface area contributed by atoms with E-state index in [9.17, 15) is 8.42 Å². The van der Waals surface area contributed by atoms with E-state index in [-0.39, 0.29) is 0 Å². The first-order valence-electron chi connectivity index (χ1n) is 9.14. The van der Waals surface area contributed by atoms with Crippen LogP contribution in [0, 0.1) is 4.77 Å². The van der Waals surface area contributed by atoms with Gasteiger partial charge in [-0.05, 0) is 48.6 Å². The smallest absolute Gasteiger partial charge is 0.243 e. The molecule has 1 saturated heterocycles. The molecule has 152 valence electrons. The monoisotopic (exact) mass is 449 g/mol. The lowest BCUT2D eigenvalue weighted by atomic mass is 10.2. The van der Waals surface area contributed by atoms with E-state index in [0.717, 1.165) is 5.56 Å². The van der Waals surface area contributed by atoms with Crippen molar-refractivity contribution < 1.29 is 8.42 Å². The van der Waals surface area contributed by atoms with Crippen LogP contribution in [0.1, 0.15) is 0 Å². The lowest BCUT2D eigenvalue weighted by molar-refractivity contribution is 0.145. The molecule has 7 nitrogen and oxygen atoms in total. The first-order chi connectivity index (χ1) is 13.9. The van der Waals surface area contributed by atoms with Crippen molar-refractivity contribution in [1.29, 1.82) is 0 Å². The maximum atomic E-state index is 12.8. The Labute approximate surface area is 179 Å². The minimum absolute atomic E-state index is 0.330. The average molecular weight is 450 g/mol. The van der Waals surface area contributed by atoms with E-state index in [1.807, 2.05) is 18.2 Å². The quantitative estimate of drug-likeness (QED) is 0.605. The van der Waals surface area contributed by atoms with Crippen LogP contribution >= 0.6 is 23.8 Å². The van der Waals surface area contributed by atoms with Crippen molar-refractivity contribution in [3.63, 3.8) is 0 Å². The molecule has 3 aromatic rings. The highest BCUT2D eigenvalue weighted by Crippen LogP contribution is 2.19. The summed E-state index contributed by atoms with van der Waals surface area (Å²) in [6, 6.07) is 15.9. The molecule has 0 aliphatic carbocycles. The first kappa shape index (κ1) is 20.2. The van der Waals surface area contributed by atoms with E-state index in [0.29, 0.717) is 53.4 Å². The molecule has 29 heavy (non-hydrogen) atoms. The molecule has 2 heterocycles. The number of H-pyrrole nitrogens is 1. The molecule has 1 aromatic heterocycles. The second kappa shape index (κ2) is 8.37. The van der Waals surface area contributed by atoms with E-state index in [2.05, 4.69) is 15.0 Å². The summed E-state index contributed by atoms with van der Waals surface area (Å²) in [7, 11) is -3.45. The minimum atomic E-state index is -3.45. The third-order valence-corrected chi connectivity index (χ3v) is 7.33. The van der Waals surface area contributed by atoms with E-state index in [1.54, 1.807) is 41.1 Å². The third-order valence-electron chi connectivity index (χ3n) is 4.85. The van der Waals surface area contributed by atoms with Crippen LogP contribution in [0.3, 0.4) is 0 Å². The van der Waals surface area contributed by atoms with Crippen molar-refractivity contribution in [1.82, 2.24) is 24.0 Å². The lowest BCUT2D eigenvalue weighted by Gasteiger charge is -2.33. The van der Waals surface area contributed by atoms with Crippen molar-refractivity contribution >= 4 is 33.8 Å². The van der Waals surface area contributed by atoms with Crippen LogP contribution in [-0.4, -0.2) is 58.6 Å². The normalized spacial score (nSPS) is 16.2. The number of nitrogens with zero attached hydrogens (tertiary/aromatic N) is 4. The zero-order valence-electron chi connectivity index (χ0n) is 15.5. The van der Waals surface area contributed by atoms with Crippen LogP contribution in [0.2, 0.25) is 5.02 Å². The van der Waals surface area contributed by atoms with Crippen LogP contribution in [0.25, 0.3) is 11.4 Å². The van der Waals surface area contributed by atoms with Gasteiger partial charge >= 0.3 is 0 Å². The van der Waals surface area contributed by atoms with Gasteiger partial charge in [0.15, 0.2) is 5.82 Å². The lowest BCUT2D eigenvalue weighted by Crippen LogP contribution is -2.48. The largest absolute Gasteiger partial charge is 0.282 e. The zero-order valence-corrected chi connectivity index (χ0v) is 17.9. The molecule has 0 spiro atoms.